The van der Waals surface area contributed by atoms with E-state index in [0.29, 0.717) is 5.82 Å². The summed E-state index contributed by atoms with van der Waals surface area (Å²) in [7, 11) is 0. The second kappa shape index (κ2) is 8.80. The Morgan fingerprint density at radius 2 is 0.881 bits per heavy atom. The number of nitrogens with zero attached hydrogens (tertiary/aromatic N) is 3. The Morgan fingerprint density at radius 1 is 0.429 bits per heavy atom. The normalized spacial score (nSPS) is 15.0. The topological polar surface area (TPSA) is 38.7 Å². The molecule has 2 aliphatic carbocycles. The predicted molar refractivity (Wildman–Crippen MR) is 171 cm³/mol. The van der Waals surface area contributed by atoms with Gasteiger partial charge in [0.05, 0.1) is 11.4 Å². The van der Waals surface area contributed by atoms with E-state index < -0.39 is 0 Å². The van der Waals surface area contributed by atoms with Crippen molar-refractivity contribution in [1.29, 1.82) is 0 Å². The van der Waals surface area contributed by atoms with Crippen LogP contribution in [0.4, 0.5) is 0 Å². The second-order valence-electron chi connectivity index (χ2n) is 12.6. The van der Waals surface area contributed by atoms with Crippen LogP contribution in [0, 0.1) is 0 Å². The molecule has 0 spiro atoms. The first-order valence-electron chi connectivity index (χ1n) is 14.6. The Kier molecular flexibility index (Phi) is 5.21. The lowest BCUT2D eigenvalue weighted by Crippen LogP contribution is -2.15. The van der Waals surface area contributed by atoms with Gasteiger partial charge >= 0.3 is 0 Å². The third-order valence-electron chi connectivity index (χ3n) is 9.42. The third-order valence-corrected chi connectivity index (χ3v) is 9.42. The van der Waals surface area contributed by atoms with Crippen LogP contribution < -0.4 is 0 Å². The molecule has 42 heavy (non-hydrogen) atoms. The molecule has 3 heteroatoms. The summed E-state index contributed by atoms with van der Waals surface area (Å²) in [5.41, 5.74) is 15.5. The smallest absolute Gasteiger partial charge is 0.160 e. The first kappa shape index (κ1) is 24.9. The summed E-state index contributed by atoms with van der Waals surface area (Å²) in [6, 6.07) is 37.3. The van der Waals surface area contributed by atoms with Crippen molar-refractivity contribution in [2.75, 3.05) is 0 Å². The van der Waals surface area contributed by atoms with Gasteiger partial charge in [-0.25, -0.2) is 9.97 Å². The minimum absolute atomic E-state index is 0.0771. The van der Waals surface area contributed by atoms with Gasteiger partial charge in [-0.15, -0.1) is 0 Å². The van der Waals surface area contributed by atoms with E-state index in [1.165, 1.54) is 44.5 Å². The fourth-order valence-corrected chi connectivity index (χ4v) is 7.10. The van der Waals surface area contributed by atoms with E-state index in [4.69, 9.17) is 9.97 Å². The van der Waals surface area contributed by atoms with Crippen molar-refractivity contribution >= 4 is 0 Å². The minimum Gasteiger partial charge on any atom is -0.265 e. The van der Waals surface area contributed by atoms with Gasteiger partial charge < -0.3 is 0 Å². The van der Waals surface area contributed by atoms with E-state index in [1.54, 1.807) is 12.4 Å². The lowest BCUT2D eigenvalue weighted by Gasteiger charge is -2.22. The van der Waals surface area contributed by atoms with Crippen LogP contribution in [0.25, 0.3) is 56.2 Å². The fourth-order valence-electron chi connectivity index (χ4n) is 7.10. The number of pyridine rings is 1. The summed E-state index contributed by atoms with van der Waals surface area (Å²) in [4.78, 5) is 14.5. The number of fused-ring (bicyclic) bond motifs is 6. The zero-order valence-electron chi connectivity index (χ0n) is 24.3. The second-order valence-corrected chi connectivity index (χ2v) is 12.6. The van der Waals surface area contributed by atoms with Crippen LogP contribution in [0.2, 0.25) is 0 Å². The highest BCUT2D eigenvalue weighted by molar-refractivity contribution is 5.85. The summed E-state index contributed by atoms with van der Waals surface area (Å²) in [6.07, 6.45) is 3.60. The van der Waals surface area contributed by atoms with Crippen LogP contribution in [0.15, 0.2) is 116 Å². The standard InChI is InChI=1S/C39H31N3/c1-38(2)31-11-7-5-9-27(31)29-15-13-25(21-33(29)38)35-23-36(42-37(41-35)24-17-19-40-20-18-24)26-14-16-30-28-10-6-8-12-32(28)39(3,4)34(30)22-26/h5-23H,1-4H3. The van der Waals surface area contributed by atoms with Gasteiger partial charge in [-0.05, 0) is 74.8 Å². The van der Waals surface area contributed by atoms with Crippen molar-refractivity contribution < 1.29 is 0 Å². The van der Waals surface area contributed by atoms with E-state index in [1.807, 2.05) is 12.1 Å². The van der Waals surface area contributed by atoms with Crippen LogP contribution in [0.3, 0.4) is 0 Å². The highest BCUT2D eigenvalue weighted by atomic mass is 14.9. The van der Waals surface area contributed by atoms with E-state index >= 15 is 0 Å². The maximum atomic E-state index is 5.12. The van der Waals surface area contributed by atoms with Gasteiger partial charge in [0, 0.05) is 39.9 Å². The molecule has 0 atom stereocenters. The molecule has 8 rings (SSSR count). The van der Waals surface area contributed by atoms with Crippen LogP contribution in [-0.2, 0) is 10.8 Å². The quantitative estimate of drug-likeness (QED) is 0.224. The molecule has 0 radical (unpaired) electrons. The largest absolute Gasteiger partial charge is 0.265 e. The molecule has 2 aromatic heterocycles. The predicted octanol–water partition coefficient (Wildman–Crippen LogP) is 9.49. The summed E-state index contributed by atoms with van der Waals surface area (Å²) in [6.45, 7) is 9.28. The van der Waals surface area contributed by atoms with Crippen molar-refractivity contribution in [3.05, 3.63) is 138 Å². The number of rotatable bonds is 3. The molecule has 0 N–H and O–H groups in total. The number of hydrogen-bond donors (Lipinski definition) is 0. The number of benzene rings is 4. The number of aromatic nitrogens is 3. The van der Waals surface area contributed by atoms with E-state index in [9.17, 15) is 0 Å². The summed E-state index contributed by atoms with van der Waals surface area (Å²) < 4.78 is 0. The van der Waals surface area contributed by atoms with Crippen molar-refractivity contribution in [3.63, 3.8) is 0 Å². The molecule has 202 valence electrons. The van der Waals surface area contributed by atoms with Crippen LogP contribution >= 0.6 is 0 Å². The highest BCUT2D eigenvalue weighted by Gasteiger charge is 2.36. The van der Waals surface area contributed by atoms with Gasteiger partial charge in [-0.3, -0.25) is 4.98 Å². The Morgan fingerprint density at radius 3 is 1.38 bits per heavy atom. The highest BCUT2D eigenvalue weighted by Crippen LogP contribution is 2.51. The molecule has 3 nitrogen and oxygen atoms in total. The summed E-state index contributed by atoms with van der Waals surface area (Å²) >= 11 is 0. The Labute approximate surface area is 247 Å². The molecule has 6 aromatic rings. The lowest BCUT2D eigenvalue weighted by molar-refractivity contribution is 0.660. The van der Waals surface area contributed by atoms with Gasteiger partial charge in [0.25, 0.3) is 0 Å². The monoisotopic (exact) mass is 541 g/mol. The first-order chi connectivity index (χ1) is 20.3. The Bertz CT molecular complexity index is 1910. The maximum Gasteiger partial charge on any atom is 0.160 e. The van der Waals surface area contributed by atoms with Crippen molar-refractivity contribution in [2.24, 2.45) is 0 Å². The molecule has 0 fully saturated rings. The molecule has 2 heterocycles. The minimum atomic E-state index is -0.0771. The molecular weight excluding hydrogens is 510 g/mol. The molecular formula is C39H31N3. The fraction of sp³-hybridized carbons (Fsp3) is 0.154. The van der Waals surface area contributed by atoms with E-state index in [2.05, 4.69) is 124 Å². The zero-order chi connectivity index (χ0) is 28.6. The lowest BCUT2D eigenvalue weighted by atomic mass is 9.81. The molecule has 0 unspecified atom stereocenters. The van der Waals surface area contributed by atoms with Gasteiger partial charge in [-0.1, -0.05) is 100 Å². The third kappa shape index (κ3) is 3.56. The molecule has 4 aromatic carbocycles. The molecule has 0 amide bonds. The van der Waals surface area contributed by atoms with Gasteiger partial charge in [0.1, 0.15) is 0 Å². The van der Waals surface area contributed by atoms with Crippen LogP contribution in [0.5, 0.6) is 0 Å². The molecule has 0 saturated heterocycles. The summed E-state index contributed by atoms with van der Waals surface area (Å²) in [5, 5.41) is 0. The Balaban J connectivity index is 1.30. The van der Waals surface area contributed by atoms with Gasteiger partial charge in [0.15, 0.2) is 5.82 Å². The maximum absolute atomic E-state index is 5.12. The first-order valence-corrected chi connectivity index (χ1v) is 14.6. The van der Waals surface area contributed by atoms with Crippen LogP contribution in [-0.4, -0.2) is 15.0 Å². The molecule has 0 saturated carbocycles. The zero-order valence-corrected chi connectivity index (χ0v) is 24.3. The summed E-state index contributed by atoms with van der Waals surface area (Å²) in [5.74, 6) is 0.705. The Hall–Kier alpha value is -4.89. The average Bonchev–Trinajstić information content (AvgIpc) is 3.40. The number of hydrogen-bond acceptors (Lipinski definition) is 3. The molecule has 2 aliphatic rings. The van der Waals surface area contributed by atoms with E-state index in [0.717, 1.165) is 28.1 Å². The van der Waals surface area contributed by atoms with Crippen molar-refractivity contribution in [3.8, 4) is 56.2 Å². The average molecular weight is 542 g/mol. The molecule has 0 aliphatic heterocycles. The van der Waals surface area contributed by atoms with Gasteiger partial charge in [-0.2, -0.15) is 0 Å². The molecule has 0 bridgehead atoms. The van der Waals surface area contributed by atoms with Crippen molar-refractivity contribution in [1.82, 2.24) is 15.0 Å². The van der Waals surface area contributed by atoms with Crippen molar-refractivity contribution in [2.45, 2.75) is 38.5 Å². The SMILES string of the molecule is CC1(C)c2ccccc2-c2ccc(-c3cc(-c4ccc5c(c4)C(C)(C)c4ccccc4-5)nc(-c4ccncc4)n3)cc21. The van der Waals surface area contributed by atoms with Gasteiger partial charge in [0.2, 0.25) is 0 Å². The van der Waals surface area contributed by atoms with E-state index in [-0.39, 0.29) is 10.8 Å². The van der Waals surface area contributed by atoms with Crippen LogP contribution in [0.1, 0.15) is 49.9 Å².